The molecule has 0 rings (SSSR count). The van der Waals surface area contributed by atoms with E-state index in [2.05, 4.69) is 0 Å². The molecule has 0 aromatic rings. The van der Waals surface area contributed by atoms with Crippen molar-refractivity contribution in [2.24, 2.45) is 0 Å². The Morgan fingerprint density at radius 1 is 0.444 bits per heavy atom. The van der Waals surface area contributed by atoms with Gasteiger partial charge in [0.15, 0.2) is 0 Å². The summed E-state index contributed by atoms with van der Waals surface area (Å²) in [5.74, 6) is 0. The van der Waals surface area contributed by atoms with Crippen LogP contribution in [-0.4, -0.2) is 41.6 Å². The van der Waals surface area contributed by atoms with Gasteiger partial charge in [-0.15, -0.1) is 41.6 Å². The summed E-state index contributed by atoms with van der Waals surface area (Å²) in [5, 5.41) is 23.6. The van der Waals surface area contributed by atoms with E-state index in [4.69, 9.17) is 21.6 Å². The predicted octanol–water partition coefficient (Wildman–Crippen LogP) is -2.73. The Morgan fingerprint density at radius 2 is 0.444 bits per heavy atom. The summed E-state index contributed by atoms with van der Waals surface area (Å²) in [5.41, 5.74) is 0. The molecule has 0 bridgehead atoms. The smallest absolute Gasteiger partial charge is 0.687 e. The first-order valence-corrected chi connectivity index (χ1v) is 6.00. The van der Waals surface area contributed by atoms with E-state index >= 15 is 0 Å². The Labute approximate surface area is 84.8 Å². The van der Waals surface area contributed by atoms with E-state index in [9.17, 15) is 0 Å². The van der Waals surface area contributed by atoms with Crippen LogP contribution in [0.2, 0.25) is 0 Å². The quantitative estimate of drug-likeness (QED) is 0.406. The van der Waals surface area contributed by atoms with Crippen molar-refractivity contribution in [2.45, 2.75) is 0 Å². The standard InChI is InChI=1S/4H4NSi.Ti/c4*1-2;/h4*1H,2H3;/q4*-1;+4. The fourth-order valence-electron chi connectivity index (χ4n) is 0. The molecular formula is H16N4Si4Ti. The summed E-state index contributed by atoms with van der Waals surface area (Å²) < 4.78 is 0. The molecule has 0 fully saturated rings. The molecule has 9 heavy (non-hydrogen) atoms. The summed E-state index contributed by atoms with van der Waals surface area (Å²) in [4.78, 5) is 0. The third-order valence-electron chi connectivity index (χ3n) is 0. The van der Waals surface area contributed by atoms with Gasteiger partial charge in [-0.2, -0.15) is 0 Å². The van der Waals surface area contributed by atoms with E-state index < -0.39 is 0 Å². The minimum Gasteiger partial charge on any atom is -0.687 e. The van der Waals surface area contributed by atoms with Crippen LogP contribution in [0.15, 0.2) is 0 Å². The van der Waals surface area contributed by atoms with E-state index in [0.29, 0.717) is 41.6 Å². The van der Waals surface area contributed by atoms with E-state index in [1.54, 1.807) is 0 Å². The molecule has 9 heteroatoms. The van der Waals surface area contributed by atoms with Gasteiger partial charge in [0.2, 0.25) is 0 Å². The maximum Gasteiger partial charge on any atom is 4.00 e. The molecule has 0 radical (unpaired) electrons. The van der Waals surface area contributed by atoms with E-state index in [-0.39, 0.29) is 21.7 Å². The maximum absolute atomic E-state index is 5.89. The van der Waals surface area contributed by atoms with Crippen LogP contribution in [0.3, 0.4) is 0 Å². The van der Waals surface area contributed by atoms with Crippen LogP contribution in [0.4, 0.5) is 0 Å². The average Bonchev–Trinajstić information content (AvgIpc) is 2.03. The molecule has 0 saturated carbocycles. The minimum atomic E-state index is 0. The van der Waals surface area contributed by atoms with Crippen LogP contribution in [-0.2, 0) is 21.7 Å². The van der Waals surface area contributed by atoms with Crippen molar-refractivity contribution < 1.29 is 21.7 Å². The molecule has 0 unspecified atom stereocenters. The van der Waals surface area contributed by atoms with Crippen LogP contribution in [0, 0.1) is 0 Å². The summed E-state index contributed by atoms with van der Waals surface area (Å²) in [6.07, 6.45) is 0. The van der Waals surface area contributed by atoms with E-state index in [0.717, 1.165) is 0 Å². The van der Waals surface area contributed by atoms with Crippen LogP contribution in [0.5, 0.6) is 0 Å². The van der Waals surface area contributed by atoms with Gasteiger partial charge in [0.05, 0.1) is 0 Å². The Balaban J connectivity index is -0.00000000762. The second-order valence-corrected chi connectivity index (χ2v) is 0. The van der Waals surface area contributed by atoms with Crippen molar-refractivity contribution in [1.82, 2.24) is 0 Å². The molecule has 0 aliphatic rings. The van der Waals surface area contributed by atoms with Gasteiger partial charge in [-0.25, -0.2) is 0 Å². The first-order chi connectivity index (χ1) is 4.00. The van der Waals surface area contributed by atoms with Crippen molar-refractivity contribution in [3.63, 3.8) is 0 Å². The SMILES string of the molecule is [NH-][SiH3].[NH-][SiH3].[NH-][SiH3].[NH-][SiH3].[Ti+4]. The van der Waals surface area contributed by atoms with Gasteiger partial charge in [0, 0.05) is 0 Å². The van der Waals surface area contributed by atoms with Gasteiger partial charge in [-0.1, -0.05) is 0 Å². The fraction of sp³-hybridized carbons (Fsp3) is 0. The topological polar surface area (TPSA) is 95.2 Å². The molecule has 0 amide bonds. The molecule has 56 valence electrons. The predicted molar refractivity (Wildman–Crippen MR) is 57.0 cm³/mol. The van der Waals surface area contributed by atoms with Crippen molar-refractivity contribution in [2.75, 3.05) is 0 Å². The van der Waals surface area contributed by atoms with Gasteiger partial charge in [-0.05, 0) is 0 Å². The summed E-state index contributed by atoms with van der Waals surface area (Å²) in [6, 6.07) is 0. The zero-order chi connectivity index (χ0) is 8.00. The molecule has 0 heterocycles. The third-order valence-corrected chi connectivity index (χ3v) is 0. The first-order valence-electron chi connectivity index (χ1n) is 2.00. The minimum absolute atomic E-state index is 0. The molecule has 0 aromatic heterocycles. The van der Waals surface area contributed by atoms with Crippen LogP contribution < -0.4 is 0 Å². The Morgan fingerprint density at radius 3 is 0.444 bits per heavy atom. The summed E-state index contributed by atoms with van der Waals surface area (Å²) >= 11 is 0. The van der Waals surface area contributed by atoms with Crippen molar-refractivity contribution >= 4 is 41.6 Å². The monoisotopic (exact) mass is 232 g/mol. The molecule has 4 nitrogen and oxygen atoms in total. The zero-order valence-corrected chi connectivity index (χ0v) is 16.1. The second kappa shape index (κ2) is 331. The van der Waals surface area contributed by atoms with Crippen LogP contribution >= 0.6 is 0 Å². The van der Waals surface area contributed by atoms with Crippen molar-refractivity contribution in [1.29, 1.82) is 0 Å². The van der Waals surface area contributed by atoms with Gasteiger partial charge in [-0.3, -0.25) is 0 Å². The first kappa shape index (κ1) is 31.5. The third kappa shape index (κ3) is 257. The van der Waals surface area contributed by atoms with Crippen LogP contribution in [0.25, 0.3) is 21.6 Å². The van der Waals surface area contributed by atoms with Gasteiger partial charge in [0.1, 0.15) is 0 Å². The average molecular weight is 232 g/mol. The molecule has 0 aliphatic carbocycles. The number of hydrogen-bond donors (Lipinski definition) is 0. The molecular weight excluding hydrogens is 216 g/mol. The van der Waals surface area contributed by atoms with Crippen LogP contribution in [0.1, 0.15) is 0 Å². The molecule has 0 saturated heterocycles. The Kier molecular flexibility index (Phi) is 1160. The molecule has 0 atom stereocenters. The van der Waals surface area contributed by atoms with Gasteiger partial charge in [0.25, 0.3) is 0 Å². The Hall–Kier alpha value is 1.42. The molecule has 0 aliphatic heterocycles. The largest absolute Gasteiger partial charge is 4.00 e. The molecule has 0 spiro atoms. The molecule has 4 N–H and O–H groups in total. The summed E-state index contributed by atoms with van der Waals surface area (Å²) in [7, 11) is 2.22. The fourth-order valence-corrected chi connectivity index (χ4v) is 0. The summed E-state index contributed by atoms with van der Waals surface area (Å²) in [6.45, 7) is 0. The van der Waals surface area contributed by atoms with Gasteiger partial charge < -0.3 is 21.6 Å². The number of hydrogen-bond acceptors (Lipinski definition) is 0. The van der Waals surface area contributed by atoms with Crippen molar-refractivity contribution in [3.05, 3.63) is 21.6 Å². The van der Waals surface area contributed by atoms with E-state index in [1.807, 2.05) is 0 Å². The number of nitrogens with one attached hydrogen (secondary N) is 4. The van der Waals surface area contributed by atoms with Crippen molar-refractivity contribution in [3.8, 4) is 0 Å². The second-order valence-electron chi connectivity index (χ2n) is 0. The molecule has 0 aromatic carbocycles. The maximum atomic E-state index is 5.89. The normalized spacial score (nSPS) is 4.00. The number of rotatable bonds is 0. The van der Waals surface area contributed by atoms with E-state index in [1.165, 1.54) is 0 Å². The van der Waals surface area contributed by atoms with Gasteiger partial charge >= 0.3 is 21.7 Å². The zero-order valence-electron chi connectivity index (χ0n) is 6.50. The Bertz CT molecular complexity index is 12.5.